The first-order valence-corrected chi connectivity index (χ1v) is 32.1. The monoisotopic (exact) mass is 1070 g/mol. The zero-order valence-corrected chi connectivity index (χ0v) is 49.3. The maximum absolute atomic E-state index is 13.1. The van der Waals surface area contributed by atoms with Crippen LogP contribution < -0.4 is 5.32 Å². The summed E-state index contributed by atoms with van der Waals surface area (Å²) in [6.45, 7) is 3.75. The Labute approximate surface area is 468 Å². The van der Waals surface area contributed by atoms with Crippen LogP contribution in [0.5, 0.6) is 0 Å². The van der Waals surface area contributed by atoms with Crippen LogP contribution in [-0.2, 0) is 14.3 Å². The van der Waals surface area contributed by atoms with Gasteiger partial charge in [0.25, 0.3) is 0 Å². The molecule has 442 valence electrons. The third-order valence-corrected chi connectivity index (χ3v) is 15.1. The topological polar surface area (TPSA) is 149 Å². The minimum absolute atomic E-state index is 0.137. The van der Waals surface area contributed by atoms with Crippen LogP contribution in [0.25, 0.3) is 0 Å². The quantitative estimate of drug-likeness (QED) is 0.0261. The van der Waals surface area contributed by atoms with E-state index < -0.39 is 49.5 Å². The number of rotatable bonds is 55. The lowest BCUT2D eigenvalue weighted by molar-refractivity contribution is -0.302. The zero-order valence-electron chi connectivity index (χ0n) is 49.3. The summed E-state index contributed by atoms with van der Waals surface area (Å²) in [6, 6.07) is -0.721. The number of carbonyl (C=O) groups excluding carboxylic acids is 1. The fourth-order valence-electron chi connectivity index (χ4n) is 10.1. The van der Waals surface area contributed by atoms with Crippen LogP contribution in [0.1, 0.15) is 290 Å². The van der Waals surface area contributed by atoms with Gasteiger partial charge >= 0.3 is 0 Å². The highest BCUT2D eigenvalue weighted by molar-refractivity contribution is 5.76. The lowest BCUT2D eigenvalue weighted by Gasteiger charge is -2.40. The molecular formula is C67H121NO8. The molecule has 1 heterocycles. The maximum atomic E-state index is 13.1. The number of allylic oxidation sites excluding steroid dienone is 12. The largest absolute Gasteiger partial charge is 0.394 e. The molecule has 76 heavy (non-hydrogen) atoms. The highest BCUT2D eigenvalue weighted by Gasteiger charge is 2.44. The summed E-state index contributed by atoms with van der Waals surface area (Å²) < 4.78 is 11.3. The minimum atomic E-state index is -1.56. The summed E-state index contributed by atoms with van der Waals surface area (Å²) in [5.74, 6) is -0.142. The molecule has 0 aromatic carbocycles. The number of ether oxygens (including phenoxy) is 2. The van der Waals surface area contributed by atoms with Crippen LogP contribution in [-0.4, -0.2) is 87.5 Å². The first kappa shape index (κ1) is 71.6. The molecule has 7 unspecified atom stereocenters. The Kier molecular flexibility index (Phi) is 52.7. The Morgan fingerprint density at radius 1 is 0.461 bits per heavy atom. The van der Waals surface area contributed by atoms with Crippen molar-refractivity contribution >= 4 is 5.91 Å². The number of aliphatic hydroxyl groups excluding tert-OH is 5. The van der Waals surface area contributed by atoms with Gasteiger partial charge in [0.05, 0.1) is 25.4 Å². The van der Waals surface area contributed by atoms with Gasteiger partial charge in [0.15, 0.2) is 6.29 Å². The van der Waals surface area contributed by atoms with Crippen molar-refractivity contribution in [2.75, 3.05) is 13.2 Å². The van der Waals surface area contributed by atoms with E-state index in [1.807, 2.05) is 0 Å². The van der Waals surface area contributed by atoms with E-state index in [0.717, 1.165) is 77.0 Å². The Hall–Kier alpha value is -2.37. The van der Waals surface area contributed by atoms with Gasteiger partial charge in [-0.25, -0.2) is 0 Å². The first-order valence-electron chi connectivity index (χ1n) is 32.1. The average Bonchev–Trinajstić information content (AvgIpc) is 3.42. The van der Waals surface area contributed by atoms with Gasteiger partial charge in [0, 0.05) is 6.42 Å². The van der Waals surface area contributed by atoms with E-state index >= 15 is 0 Å². The molecule has 1 fully saturated rings. The number of amides is 1. The second-order valence-corrected chi connectivity index (χ2v) is 22.2. The summed E-state index contributed by atoms with van der Waals surface area (Å²) in [5, 5.41) is 54.8. The molecule has 9 heteroatoms. The SMILES string of the molecule is CC/C=C\C/C=C\C/C=C\C/C=C\C/C=C\C/C=C\CCCCCCCCCCCCCCCCCCC(=O)NC(COC1OC(CO)C(O)C(O)C1O)C(O)CCCCCCCCCCCCCCCCCCCC. The molecule has 0 aromatic rings. The summed E-state index contributed by atoms with van der Waals surface area (Å²) in [6.07, 6.45) is 70.9. The average molecular weight is 1070 g/mol. The van der Waals surface area contributed by atoms with Crippen LogP contribution >= 0.6 is 0 Å². The van der Waals surface area contributed by atoms with Gasteiger partial charge in [0.2, 0.25) is 5.91 Å². The van der Waals surface area contributed by atoms with Gasteiger partial charge in [0.1, 0.15) is 24.4 Å². The van der Waals surface area contributed by atoms with Crippen molar-refractivity contribution in [3.05, 3.63) is 72.9 Å². The van der Waals surface area contributed by atoms with Crippen molar-refractivity contribution in [1.29, 1.82) is 0 Å². The normalized spacial score (nSPS) is 19.3. The van der Waals surface area contributed by atoms with Crippen molar-refractivity contribution < 1.29 is 39.8 Å². The standard InChI is InChI=1S/C67H121NO8/c1-3-5-7-9-11-13-15-17-19-21-23-24-25-26-27-28-29-30-31-32-33-34-35-36-37-38-39-41-43-45-47-49-51-53-55-57-63(71)68-60(59-75-67-66(74)65(73)64(72)62(58-69)76-67)61(70)56-54-52-50-48-46-44-42-40-22-20-18-16-14-12-10-8-6-4-2/h5,7,11,13,17,19,23-24,26-27,29-30,60-62,64-67,69-70,72-74H,3-4,6,8-10,12,14-16,18,20-22,25,28,31-59H2,1-2H3,(H,68,71)/b7-5-,13-11-,19-17-,24-23-,27-26-,30-29-. The van der Waals surface area contributed by atoms with Crippen molar-refractivity contribution in [3.8, 4) is 0 Å². The third kappa shape index (κ3) is 44.5. The predicted octanol–water partition coefficient (Wildman–Crippen LogP) is 16.8. The predicted molar refractivity (Wildman–Crippen MR) is 322 cm³/mol. The van der Waals surface area contributed by atoms with E-state index in [-0.39, 0.29) is 12.5 Å². The second kappa shape index (κ2) is 55.9. The Morgan fingerprint density at radius 3 is 1.21 bits per heavy atom. The lowest BCUT2D eigenvalue weighted by Crippen LogP contribution is -2.60. The second-order valence-electron chi connectivity index (χ2n) is 22.2. The summed E-state index contributed by atoms with van der Waals surface area (Å²) in [5.41, 5.74) is 0. The van der Waals surface area contributed by atoms with Crippen molar-refractivity contribution in [2.45, 2.75) is 333 Å². The van der Waals surface area contributed by atoms with E-state index in [4.69, 9.17) is 9.47 Å². The number of aliphatic hydroxyl groups is 5. The lowest BCUT2D eigenvalue weighted by atomic mass is 9.99. The van der Waals surface area contributed by atoms with Gasteiger partial charge in [-0.1, -0.05) is 292 Å². The third-order valence-electron chi connectivity index (χ3n) is 15.1. The number of unbranched alkanes of at least 4 members (excludes halogenated alkanes) is 33. The highest BCUT2D eigenvalue weighted by atomic mass is 16.7. The molecule has 0 aliphatic carbocycles. The van der Waals surface area contributed by atoms with Crippen LogP contribution in [0.2, 0.25) is 0 Å². The molecule has 0 spiro atoms. The van der Waals surface area contributed by atoms with Gasteiger partial charge in [-0.05, 0) is 64.2 Å². The van der Waals surface area contributed by atoms with E-state index in [9.17, 15) is 30.3 Å². The highest BCUT2D eigenvalue weighted by Crippen LogP contribution is 2.23. The van der Waals surface area contributed by atoms with Gasteiger partial charge < -0.3 is 40.3 Å². The smallest absolute Gasteiger partial charge is 0.220 e. The van der Waals surface area contributed by atoms with Crippen molar-refractivity contribution in [2.24, 2.45) is 0 Å². The van der Waals surface area contributed by atoms with Crippen molar-refractivity contribution in [3.63, 3.8) is 0 Å². The van der Waals surface area contributed by atoms with Crippen LogP contribution in [0.15, 0.2) is 72.9 Å². The summed E-state index contributed by atoms with van der Waals surface area (Å²) >= 11 is 0. The molecule has 1 aliphatic heterocycles. The molecule has 1 amide bonds. The number of carbonyl (C=O) groups is 1. The summed E-state index contributed by atoms with van der Waals surface area (Å²) in [7, 11) is 0. The Bertz CT molecular complexity index is 1420. The Balaban J connectivity index is 2.11. The fraction of sp³-hybridized carbons (Fsp3) is 0.806. The molecule has 7 atom stereocenters. The minimum Gasteiger partial charge on any atom is -0.394 e. The molecule has 6 N–H and O–H groups in total. The molecule has 9 nitrogen and oxygen atoms in total. The van der Waals surface area contributed by atoms with Gasteiger partial charge in [-0.2, -0.15) is 0 Å². The Morgan fingerprint density at radius 2 is 0.816 bits per heavy atom. The maximum Gasteiger partial charge on any atom is 0.220 e. The molecular weight excluding hydrogens is 947 g/mol. The molecule has 0 aromatic heterocycles. The molecule has 1 aliphatic rings. The van der Waals surface area contributed by atoms with Crippen LogP contribution in [0, 0.1) is 0 Å². The number of nitrogens with one attached hydrogen (secondary N) is 1. The molecule has 0 saturated carbocycles. The molecule has 0 radical (unpaired) electrons. The number of hydrogen-bond acceptors (Lipinski definition) is 8. The van der Waals surface area contributed by atoms with Gasteiger partial charge in [-0.3, -0.25) is 4.79 Å². The molecule has 1 rings (SSSR count). The number of hydrogen-bond donors (Lipinski definition) is 6. The van der Waals surface area contributed by atoms with Crippen LogP contribution in [0.4, 0.5) is 0 Å². The van der Waals surface area contributed by atoms with Crippen LogP contribution in [0.3, 0.4) is 0 Å². The van der Waals surface area contributed by atoms with Crippen molar-refractivity contribution in [1.82, 2.24) is 5.32 Å². The molecule has 1 saturated heterocycles. The summed E-state index contributed by atoms with van der Waals surface area (Å²) in [4.78, 5) is 13.1. The van der Waals surface area contributed by atoms with E-state index in [0.29, 0.717) is 12.8 Å². The van der Waals surface area contributed by atoms with E-state index in [1.165, 1.54) is 186 Å². The first-order chi connectivity index (χ1) is 37.3. The van der Waals surface area contributed by atoms with E-state index in [2.05, 4.69) is 92.1 Å². The molecule has 0 bridgehead atoms. The zero-order chi connectivity index (χ0) is 55.0. The fourth-order valence-corrected chi connectivity index (χ4v) is 10.1. The van der Waals surface area contributed by atoms with E-state index in [1.54, 1.807) is 0 Å². The van der Waals surface area contributed by atoms with Gasteiger partial charge in [-0.15, -0.1) is 0 Å².